The van der Waals surface area contributed by atoms with Gasteiger partial charge in [-0.2, -0.15) is 0 Å². The molecule has 0 saturated carbocycles. The Bertz CT molecular complexity index is 322. The van der Waals surface area contributed by atoms with Gasteiger partial charge in [0.1, 0.15) is 11.6 Å². The summed E-state index contributed by atoms with van der Waals surface area (Å²) in [5, 5.41) is 18.0. The van der Waals surface area contributed by atoms with Crippen LogP contribution in [0.15, 0.2) is 12.1 Å². The van der Waals surface area contributed by atoms with E-state index in [2.05, 4.69) is 0 Å². The third-order valence-corrected chi connectivity index (χ3v) is 1.99. The Balaban J connectivity index is 0.00000169. The third-order valence-electron chi connectivity index (χ3n) is 1.68. The van der Waals surface area contributed by atoms with Crippen LogP contribution in [0.4, 0.5) is 4.39 Å². The smallest absolute Gasteiger partial charge is 0.141 e. The summed E-state index contributed by atoms with van der Waals surface area (Å²) in [6.45, 7) is -0.454. The number of aromatic hydroxyl groups is 1. The van der Waals surface area contributed by atoms with E-state index in [1.165, 1.54) is 6.07 Å². The monoisotopic (exact) mass is 241 g/mol. The Kier molecular flexibility index (Phi) is 5.15. The van der Waals surface area contributed by atoms with Gasteiger partial charge in [-0.25, -0.2) is 4.39 Å². The Hall–Kier alpha value is -0.550. The van der Waals surface area contributed by atoms with Gasteiger partial charge in [-0.15, -0.1) is 12.4 Å². The molecule has 6 heteroatoms. The molecule has 0 fully saturated rings. The van der Waals surface area contributed by atoms with E-state index in [9.17, 15) is 9.50 Å². The molecule has 1 aromatic rings. The number of benzene rings is 1. The maximum absolute atomic E-state index is 13.1. The summed E-state index contributed by atoms with van der Waals surface area (Å²) in [6, 6.07) is 1.35. The van der Waals surface area contributed by atoms with Crippen molar-refractivity contribution in [3.05, 3.63) is 28.5 Å². The summed E-state index contributed by atoms with van der Waals surface area (Å²) in [7, 11) is 0. The molecule has 0 aliphatic carbocycles. The summed E-state index contributed by atoms with van der Waals surface area (Å²) in [5.41, 5.74) is 5.20. The van der Waals surface area contributed by atoms with Crippen LogP contribution in [-0.2, 0) is 0 Å². The van der Waals surface area contributed by atoms with E-state index in [0.29, 0.717) is 0 Å². The van der Waals surface area contributed by atoms with Gasteiger partial charge in [0.25, 0.3) is 0 Å². The predicted octanol–water partition coefficient (Wildman–Crippen LogP) is 1.60. The minimum absolute atomic E-state index is 0. The lowest BCUT2D eigenvalue weighted by atomic mass is 10.1. The Morgan fingerprint density at radius 3 is 2.57 bits per heavy atom. The number of rotatable bonds is 2. The minimum Gasteiger partial charge on any atom is -0.506 e. The molecule has 14 heavy (non-hydrogen) atoms. The predicted molar refractivity (Wildman–Crippen MR) is 54.3 cm³/mol. The number of hydrogen-bond acceptors (Lipinski definition) is 3. The lowest BCUT2D eigenvalue weighted by Gasteiger charge is -2.12. The van der Waals surface area contributed by atoms with Gasteiger partial charge in [0.05, 0.1) is 23.2 Å². The highest BCUT2D eigenvalue weighted by molar-refractivity contribution is 6.32. The van der Waals surface area contributed by atoms with Crippen molar-refractivity contribution in [3.63, 3.8) is 0 Å². The van der Waals surface area contributed by atoms with Crippen LogP contribution in [0.1, 0.15) is 11.6 Å². The molecular weight excluding hydrogens is 232 g/mol. The molecule has 0 aromatic heterocycles. The van der Waals surface area contributed by atoms with E-state index in [0.717, 1.165) is 6.07 Å². The van der Waals surface area contributed by atoms with E-state index in [-0.39, 0.29) is 23.0 Å². The van der Waals surface area contributed by atoms with Gasteiger partial charge in [0.2, 0.25) is 0 Å². The molecule has 0 bridgehead atoms. The first kappa shape index (κ1) is 13.4. The molecule has 4 N–H and O–H groups in total. The van der Waals surface area contributed by atoms with E-state index in [1.807, 2.05) is 0 Å². The Labute approximate surface area is 91.7 Å². The van der Waals surface area contributed by atoms with Crippen molar-refractivity contribution in [2.24, 2.45) is 5.73 Å². The molecule has 0 amide bonds. The highest BCUT2D eigenvalue weighted by Gasteiger charge is 2.17. The molecule has 0 radical (unpaired) electrons. The number of aliphatic hydroxyl groups excluding tert-OH is 1. The summed E-state index contributed by atoms with van der Waals surface area (Å²) >= 11 is 5.53. The zero-order valence-electron chi connectivity index (χ0n) is 7.08. The van der Waals surface area contributed by atoms with Crippen molar-refractivity contribution in [2.75, 3.05) is 6.61 Å². The fourth-order valence-electron chi connectivity index (χ4n) is 1.00. The second-order valence-electron chi connectivity index (χ2n) is 2.58. The fourth-order valence-corrected chi connectivity index (χ4v) is 1.17. The largest absolute Gasteiger partial charge is 0.506 e. The van der Waals surface area contributed by atoms with E-state index >= 15 is 0 Å². The van der Waals surface area contributed by atoms with Gasteiger partial charge in [-0.05, 0) is 12.1 Å². The lowest BCUT2D eigenvalue weighted by Crippen LogP contribution is -2.16. The van der Waals surface area contributed by atoms with Crippen LogP contribution in [0.5, 0.6) is 5.75 Å². The maximum Gasteiger partial charge on any atom is 0.141 e. The van der Waals surface area contributed by atoms with Crippen molar-refractivity contribution < 1.29 is 14.6 Å². The van der Waals surface area contributed by atoms with Crippen LogP contribution < -0.4 is 5.73 Å². The number of phenolic OH excluding ortho intramolecular Hbond substituents is 1. The summed E-state index contributed by atoms with van der Waals surface area (Å²) in [4.78, 5) is 0. The number of aliphatic hydroxyl groups is 1. The van der Waals surface area contributed by atoms with Gasteiger partial charge < -0.3 is 15.9 Å². The maximum atomic E-state index is 13.1. The van der Waals surface area contributed by atoms with Crippen LogP contribution in [-0.4, -0.2) is 16.8 Å². The average molecular weight is 242 g/mol. The minimum atomic E-state index is -0.960. The van der Waals surface area contributed by atoms with Crippen molar-refractivity contribution >= 4 is 24.0 Å². The first-order valence-corrected chi connectivity index (χ1v) is 3.99. The van der Waals surface area contributed by atoms with Gasteiger partial charge in [0, 0.05) is 0 Å². The molecule has 0 aliphatic heterocycles. The summed E-state index contributed by atoms with van der Waals surface area (Å²) in [6.07, 6.45) is 0. The number of halogens is 3. The van der Waals surface area contributed by atoms with Crippen molar-refractivity contribution in [2.45, 2.75) is 6.04 Å². The standard InChI is InChI=1S/C8H9ClFNO2.ClH/c9-4-1-2-5(10)7(8(4)13)6(11)3-12;/h1-2,6,12-13H,3,11H2;1H/t6-;/m0./s1. The second kappa shape index (κ2) is 5.36. The molecule has 1 atom stereocenters. The Morgan fingerprint density at radius 1 is 1.50 bits per heavy atom. The van der Waals surface area contributed by atoms with Gasteiger partial charge in [-0.3, -0.25) is 0 Å². The Morgan fingerprint density at radius 2 is 2.07 bits per heavy atom. The molecule has 1 aromatic carbocycles. The molecule has 0 unspecified atom stereocenters. The zero-order chi connectivity index (χ0) is 10.0. The number of nitrogens with two attached hydrogens (primary N) is 1. The molecule has 0 saturated heterocycles. The van der Waals surface area contributed by atoms with Crippen LogP contribution in [0.2, 0.25) is 5.02 Å². The average Bonchev–Trinajstić information content (AvgIpc) is 2.12. The lowest BCUT2D eigenvalue weighted by molar-refractivity contribution is 0.262. The quantitative estimate of drug-likeness (QED) is 0.737. The van der Waals surface area contributed by atoms with Gasteiger partial charge in [-0.1, -0.05) is 11.6 Å². The van der Waals surface area contributed by atoms with E-state index in [4.69, 9.17) is 22.4 Å². The third kappa shape index (κ3) is 2.48. The van der Waals surface area contributed by atoms with Crippen LogP contribution in [0.3, 0.4) is 0 Å². The number of phenols is 1. The van der Waals surface area contributed by atoms with E-state index in [1.54, 1.807) is 0 Å². The molecule has 0 spiro atoms. The van der Waals surface area contributed by atoms with Crippen LogP contribution in [0.25, 0.3) is 0 Å². The van der Waals surface area contributed by atoms with Crippen LogP contribution in [0, 0.1) is 5.82 Å². The SMILES string of the molecule is Cl.N[C@@H](CO)c1c(F)ccc(Cl)c1O. The van der Waals surface area contributed by atoms with Gasteiger partial charge >= 0.3 is 0 Å². The highest BCUT2D eigenvalue weighted by Crippen LogP contribution is 2.32. The van der Waals surface area contributed by atoms with Gasteiger partial charge in [0.15, 0.2) is 0 Å². The molecule has 0 aliphatic rings. The van der Waals surface area contributed by atoms with Crippen molar-refractivity contribution in [1.82, 2.24) is 0 Å². The highest BCUT2D eigenvalue weighted by atomic mass is 35.5. The molecule has 1 rings (SSSR count). The van der Waals surface area contributed by atoms with Crippen molar-refractivity contribution in [3.8, 4) is 5.75 Å². The summed E-state index contributed by atoms with van der Waals surface area (Å²) < 4.78 is 13.1. The molecule has 0 heterocycles. The fraction of sp³-hybridized carbons (Fsp3) is 0.250. The molecule has 80 valence electrons. The number of hydrogen-bond donors (Lipinski definition) is 3. The molecule has 3 nitrogen and oxygen atoms in total. The zero-order valence-corrected chi connectivity index (χ0v) is 8.65. The topological polar surface area (TPSA) is 66.5 Å². The summed E-state index contributed by atoms with van der Waals surface area (Å²) in [5.74, 6) is -1.09. The first-order chi connectivity index (χ1) is 6.07. The molecular formula is C8H10Cl2FNO2. The van der Waals surface area contributed by atoms with Crippen LogP contribution >= 0.6 is 24.0 Å². The van der Waals surface area contributed by atoms with E-state index < -0.39 is 24.2 Å². The van der Waals surface area contributed by atoms with Crippen molar-refractivity contribution in [1.29, 1.82) is 0 Å². The second-order valence-corrected chi connectivity index (χ2v) is 2.99. The first-order valence-electron chi connectivity index (χ1n) is 3.61. The normalized spacial score (nSPS) is 12.0.